The maximum Gasteiger partial charge on any atom is 0.0462 e. The quantitative estimate of drug-likeness (QED) is 0.545. The van der Waals surface area contributed by atoms with Gasteiger partial charge in [0.15, 0.2) is 0 Å². The Morgan fingerprint density at radius 2 is 2.00 bits per heavy atom. The van der Waals surface area contributed by atoms with Crippen molar-refractivity contribution in [1.29, 1.82) is 0 Å². The highest BCUT2D eigenvalue weighted by Gasteiger charge is 1.86. The summed E-state index contributed by atoms with van der Waals surface area (Å²) in [4.78, 5) is 0. The smallest absolute Gasteiger partial charge is 0.0462 e. The Morgan fingerprint density at radius 3 is 2.56 bits per heavy atom. The van der Waals surface area contributed by atoms with Crippen molar-refractivity contribution in [3.8, 4) is 0 Å². The van der Waals surface area contributed by atoms with Crippen molar-refractivity contribution in [2.75, 3.05) is 6.61 Å². The van der Waals surface area contributed by atoms with Crippen LogP contribution in [0.15, 0.2) is 0 Å². The molecule has 0 aliphatic heterocycles. The first kappa shape index (κ1) is 8.96. The van der Waals surface area contributed by atoms with Gasteiger partial charge in [0.1, 0.15) is 0 Å². The maximum absolute atomic E-state index is 8.37. The van der Waals surface area contributed by atoms with E-state index in [9.17, 15) is 0 Å². The molecule has 0 aliphatic rings. The van der Waals surface area contributed by atoms with Gasteiger partial charge >= 0.3 is 0 Å². The summed E-state index contributed by atoms with van der Waals surface area (Å²) >= 11 is 0. The maximum atomic E-state index is 8.37. The molecule has 9 heavy (non-hydrogen) atoms. The van der Waals surface area contributed by atoms with Gasteiger partial charge in [-0.1, -0.05) is 32.6 Å². The van der Waals surface area contributed by atoms with E-state index in [1.165, 1.54) is 25.7 Å². The van der Waals surface area contributed by atoms with Crippen molar-refractivity contribution in [2.24, 2.45) is 0 Å². The minimum atomic E-state index is 0.242. The van der Waals surface area contributed by atoms with Crippen LogP contribution >= 0.6 is 0 Å². The van der Waals surface area contributed by atoms with Crippen LogP contribution in [-0.2, 0) is 0 Å². The minimum absolute atomic E-state index is 0.242. The monoisotopic (exact) mass is 129 g/mol. The Bertz CT molecular complexity index is 37.8. The van der Waals surface area contributed by atoms with Crippen LogP contribution in [0, 0.1) is 6.42 Å². The third-order valence-corrected chi connectivity index (χ3v) is 1.39. The molecule has 1 nitrogen and oxygen atoms in total. The van der Waals surface area contributed by atoms with Crippen LogP contribution in [0.25, 0.3) is 0 Å². The predicted octanol–water partition coefficient (Wildman–Crippen LogP) is 2.15. The van der Waals surface area contributed by atoms with Gasteiger partial charge in [0.2, 0.25) is 0 Å². The second kappa shape index (κ2) is 7.96. The van der Waals surface area contributed by atoms with Crippen LogP contribution < -0.4 is 0 Å². The van der Waals surface area contributed by atoms with E-state index >= 15 is 0 Å². The number of rotatable bonds is 6. The van der Waals surface area contributed by atoms with Gasteiger partial charge in [0.25, 0.3) is 0 Å². The first-order valence-corrected chi connectivity index (χ1v) is 3.84. The molecule has 0 aromatic heterocycles. The molecule has 0 saturated heterocycles. The summed E-state index contributed by atoms with van der Waals surface area (Å²) < 4.78 is 0. The fourth-order valence-electron chi connectivity index (χ4n) is 0.807. The first-order chi connectivity index (χ1) is 4.41. The molecule has 0 rings (SSSR count). The molecule has 0 amide bonds. The lowest BCUT2D eigenvalue weighted by Crippen LogP contribution is -1.83. The van der Waals surface area contributed by atoms with Gasteiger partial charge in [-0.25, -0.2) is 0 Å². The van der Waals surface area contributed by atoms with Gasteiger partial charge in [0.05, 0.1) is 0 Å². The fourth-order valence-corrected chi connectivity index (χ4v) is 0.807. The van der Waals surface area contributed by atoms with E-state index in [2.05, 4.69) is 6.92 Å². The number of aliphatic hydroxyl groups excluding tert-OH is 1. The molecule has 1 radical (unpaired) electrons. The predicted molar refractivity (Wildman–Crippen MR) is 40.1 cm³/mol. The fraction of sp³-hybridized carbons (Fsp3) is 0.875. The Kier molecular flexibility index (Phi) is 7.92. The molecule has 0 aromatic rings. The van der Waals surface area contributed by atoms with E-state index in [1.807, 2.05) is 6.42 Å². The highest BCUT2D eigenvalue weighted by atomic mass is 16.2. The van der Waals surface area contributed by atoms with Gasteiger partial charge in [0, 0.05) is 6.61 Å². The Balaban J connectivity index is 2.60. The molecule has 0 aromatic carbocycles. The van der Waals surface area contributed by atoms with Crippen molar-refractivity contribution >= 4 is 0 Å². The van der Waals surface area contributed by atoms with Crippen molar-refractivity contribution in [1.82, 2.24) is 0 Å². The molecular weight excluding hydrogens is 112 g/mol. The van der Waals surface area contributed by atoms with Crippen molar-refractivity contribution in [2.45, 2.75) is 39.0 Å². The Morgan fingerprint density at radius 1 is 1.22 bits per heavy atom. The lowest BCUT2D eigenvalue weighted by atomic mass is 10.1. The van der Waals surface area contributed by atoms with Gasteiger partial charge < -0.3 is 5.11 Å². The third kappa shape index (κ3) is 7.96. The normalized spacial score (nSPS) is 10.0. The topological polar surface area (TPSA) is 20.2 Å². The molecule has 0 bridgehead atoms. The average Bonchev–Trinajstić information content (AvgIpc) is 1.89. The average molecular weight is 129 g/mol. The summed E-state index contributed by atoms with van der Waals surface area (Å²) in [7, 11) is 0. The molecule has 0 heterocycles. The lowest BCUT2D eigenvalue weighted by Gasteiger charge is -1.95. The number of hydrogen-bond donors (Lipinski definition) is 1. The molecule has 0 spiro atoms. The molecule has 0 fully saturated rings. The standard InChI is InChI=1S/C8H17O/c1-2-3-4-5-6-7-8-9/h7,9H,2-6,8H2,1H3. The molecule has 1 heteroatoms. The zero-order valence-electron chi connectivity index (χ0n) is 6.27. The molecule has 0 saturated carbocycles. The Labute approximate surface area is 58.1 Å². The Hall–Kier alpha value is -0.0400. The van der Waals surface area contributed by atoms with Crippen LogP contribution in [-0.4, -0.2) is 11.7 Å². The number of unbranched alkanes of at least 4 members (excludes halogenated alkanes) is 5. The van der Waals surface area contributed by atoms with E-state index in [4.69, 9.17) is 5.11 Å². The van der Waals surface area contributed by atoms with E-state index < -0.39 is 0 Å². The molecule has 0 aliphatic carbocycles. The summed E-state index contributed by atoms with van der Waals surface area (Å²) in [6.45, 7) is 2.45. The van der Waals surface area contributed by atoms with Gasteiger partial charge in [-0.3, -0.25) is 0 Å². The highest BCUT2D eigenvalue weighted by molar-refractivity contribution is 4.60. The SMILES string of the molecule is CCCCCC[CH]CO. The molecule has 0 atom stereocenters. The summed E-state index contributed by atoms with van der Waals surface area (Å²) in [5, 5.41) is 8.37. The van der Waals surface area contributed by atoms with Gasteiger partial charge in [-0.05, 0) is 12.8 Å². The zero-order chi connectivity index (χ0) is 6.95. The van der Waals surface area contributed by atoms with E-state index in [-0.39, 0.29) is 6.61 Å². The summed E-state index contributed by atoms with van der Waals surface area (Å²) in [5.41, 5.74) is 0. The third-order valence-electron chi connectivity index (χ3n) is 1.39. The van der Waals surface area contributed by atoms with Crippen molar-refractivity contribution in [3.05, 3.63) is 6.42 Å². The van der Waals surface area contributed by atoms with E-state index in [0.717, 1.165) is 6.42 Å². The minimum Gasteiger partial charge on any atom is -0.396 e. The van der Waals surface area contributed by atoms with Crippen LogP contribution in [0.1, 0.15) is 39.0 Å². The summed E-state index contributed by atoms with van der Waals surface area (Å²) in [5.74, 6) is 0. The van der Waals surface area contributed by atoms with E-state index in [0.29, 0.717) is 0 Å². The first-order valence-electron chi connectivity index (χ1n) is 3.84. The molecule has 1 N–H and O–H groups in total. The number of hydrogen-bond acceptors (Lipinski definition) is 1. The van der Waals surface area contributed by atoms with Crippen LogP contribution in [0.2, 0.25) is 0 Å². The second-order valence-corrected chi connectivity index (χ2v) is 2.32. The van der Waals surface area contributed by atoms with Crippen LogP contribution in [0.5, 0.6) is 0 Å². The number of aliphatic hydroxyl groups is 1. The molecule has 55 valence electrons. The lowest BCUT2D eigenvalue weighted by molar-refractivity contribution is 0.322. The molecule has 0 unspecified atom stereocenters. The molecular formula is C8H17O. The highest BCUT2D eigenvalue weighted by Crippen LogP contribution is 2.02. The van der Waals surface area contributed by atoms with Gasteiger partial charge in [-0.2, -0.15) is 0 Å². The van der Waals surface area contributed by atoms with E-state index in [1.54, 1.807) is 0 Å². The van der Waals surface area contributed by atoms with Crippen molar-refractivity contribution < 1.29 is 5.11 Å². The largest absolute Gasteiger partial charge is 0.396 e. The second-order valence-electron chi connectivity index (χ2n) is 2.32. The van der Waals surface area contributed by atoms with Gasteiger partial charge in [-0.15, -0.1) is 0 Å². The van der Waals surface area contributed by atoms with Crippen molar-refractivity contribution in [3.63, 3.8) is 0 Å². The summed E-state index contributed by atoms with van der Waals surface area (Å²) in [6.07, 6.45) is 8.19. The van der Waals surface area contributed by atoms with Crippen LogP contribution in [0.3, 0.4) is 0 Å². The van der Waals surface area contributed by atoms with Crippen LogP contribution in [0.4, 0.5) is 0 Å². The zero-order valence-corrected chi connectivity index (χ0v) is 6.27. The summed E-state index contributed by atoms with van der Waals surface area (Å²) in [6, 6.07) is 0.